The van der Waals surface area contributed by atoms with Crippen LogP contribution in [-0.4, -0.2) is 64.9 Å². The molecule has 6 rings (SSSR count). The predicted molar refractivity (Wildman–Crippen MR) is 259 cm³/mol. The van der Waals surface area contributed by atoms with E-state index in [9.17, 15) is 4.79 Å². The van der Waals surface area contributed by atoms with Gasteiger partial charge in [0.25, 0.3) is 0 Å². The number of anilines is 4. The quantitative estimate of drug-likeness (QED) is 0.0725. The van der Waals surface area contributed by atoms with Crippen molar-refractivity contribution in [2.24, 2.45) is 0 Å². The first-order chi connectivity index (χ1) is 29.7. The van der Waals surface area contributed by atoms with Gasteiger partial charge in [-0.2, -0.15) is 0 Å². The van der Waals surface area contributed by atoms with E-state index in [1.54, 1.807) is 0 Å². The molecule has 0 radical (unpaired) electrons. The van der Waals surface area contributed by atoms with E-state index >= 15 is 0 Å². The minimum Gasteiger partial charge on any atom is -0.494 e. The van der Waals surface area contributed by atoms with Crippen LogP contribution in [0.15, 0.2) is 127 Å². The standard InChI is InChI=1S/C54H66N4O3/c1-10-55(11-2)44-27-19-40(20-28-44)50(41-21-29-45(30-22-41)56(12-3)13-4)38-54(52-37-48(60-18-9)35-36-49(52)53(59)61-54)39-51(42-23-31-46(32-24-42)57(14-5)15-6)43-25-33-47(34-26-43)58(16-7)17-8/h19-39H,10-18H2,1-9H3. The molecule has 0 N–H and O–H groups in total. The molecule has 7 heteroatoms. The predicted octanol–water partition coefficient (Wildman–Crippen LogP) is 12.1. The minimum absolute atomic E-state index is 0.369. The highest BCUT2D eigenvalue weighted by Crippen LogP contribution is 2.46. The van der Waals surface area contributed by atoms with E-state index in [4.69, 9.17) is 9.47 Å². The molecule has 7 nitrogen and oxygen atoms in total. The first-order valence-electron chi connectivity index (χ1n) is 22.6. The number of rotatable bonds is 20. The van der Waals surface area contributed by atoms with Crippen LogP contribution in [-0.2, 0) is 10.3 Å². The van der Waals surface area contributed by atoms with Crippen LogP contribution in [0, 0.1) is 0 Å². The SMILES string of the molecule is CCOc1ccc2c(c1)C(C=C(c1ccc(N(CC)CC)cc1)c1ccc(N(CC)CC)cc1)(C=C(c1ccc(N(CC)CC)cc1)c1ccc(N(CC)CC)cc1)OC2=O. The summed E-state index contributed by atoms with van der Waals surface area (Å²) in [5, 5.41) is 0. The first kappa shape index (κ1) is 44.6. The first-order valence-corrected chi connectivity index (χ1v) is 22.6. The van der Waals surface area contributed by atoms with Gasteiger partial charge >= 0.3 is 5.97 Å². The van der Waals surface area contributed by atoms with Gasteiger partial charge in [0, 0.05) is 80.7 Å². The second kappa shape index (κ2) is 20.5. The lowest BCUT2D eigenvalue weighted by molar-refractivity contribution is 0.0299. The third-order valence-corrected chi connectivity index (χ3v) is 12.1. The smallest absolute Gasteiger partial charge is 0.340 e. The lowest BCUT2D eigenvalue weighted by Crippen LogP contribution is -2.23. The van der Waals surface area contributed by atoms with Crippen molar-refractivity contribution in [1.82, 2.24) is 0 Å². The van der Waals surface area contributed by atoms with Gasteiger partial charge in [-0.15, -0.1) is 0 Å². The molecular formula is C54H66N4O3. The van der Waals surface area contributed by atoms with Crippen LogP contribution >= 0.6 is 0 Å². The molecule has 5 aromatic carbocycles. The zero-order chi connectivity index (χ0) is 43.5. The molecule has 0 spiro atoms. The molecule has 0 bridgehead atoms. The Morgan fingerprint density at radius 1 is 0.475 bits per heavy atom. The van der Waals surface area contributed by atoms with E-state index in [0.717, 1.165) is 91.3 Å². The van der Waals surface area contributed by atoms with Gasteiger partial charge in [0.2, 0.25) is 0 Å². The number of esters is 1. The van der Waals surface area contributed by atoms with Crippen LogP contribution in [0.1, 0.15) is 100 Å². The van der Waals surface area contributed by atoms with Crippen molar-refractivity contribution >= 4 is 39.9 Å². The number of carbonyl (C=O) groups is 1. The highest BCUT2D eigenvalue weighted by atomic mass is 16.6. The topological polar surface area (TPSA) is 48.5 Å². The summed E-state index contributed by atoms with van der Waals surface area (Å²) in [6.45, 7) is 27.3. The van der Waals surface area contributed by atoms with E-state index in [1.807, 2.05) is 25.1 Å². The molecule has 1 heterocycles. The van der Waals surface area contributed by atoms with Crippen molar-refractivity contribution in [2.75, 3.05) is 78.6 Å². The summed E-state index contributed by atoms with van der Waals surface area (Å²) in [7, 11) is 0. The molecule has 0 fully saturated rings. The Balaban J connectivity index is 1.67. The van der Waals surface area contributed by atoms with Crippen molar-refractivity contribution in [1.29, 1.82) is 0 Å². The van der Waals surface area contributed by atoms with Crippen molar-refractivity contribution < 1.29 is 14.3 Å². The number of benzene rings is 5. The average molecular weight is 819 g/mol. The van der Waals surface area contributed by atoms with E-state index in [0.29, 0.717) is 17.9 Å². The number of fused-ring (bicyclic) bond motifs is 1. The maximum Gasteiger partial charge on any atom is 0.340 e. The van der Waals surface area contributed by atoms with Crippen LogP contribution in [0.4, 0.5) is 22.7 Å². The van der Waals surface area contributed by atoms with Gasteiger partial charge in [-0.05, 0) is 175 Å². The van der Waals surface area contributed by atoms with Gasteiger partial charge in [-0.1, -0.05) is 48.5 Å². The lowest BCUT2D eigenvalue weighted by atomic mass is 9.83. The van der Waals surface area contributed by atoms with Crippen molar-refractivity contribution in [3.8, 4) is 5.75 Å². The van der Waals surface area contributed by atoms with Gasteiger partial charge in [-0.25, -0.2) is 4.79 Å². The Kier molecular flexibility index (Phi) is 15.0. The molecule has 61 heavy (non-hydrogen) atoms. The number of hydrogen-bond donors (Lipinski definition) is 0. The molecule has 0 unspecified atom stereocenters. The van der Waals surface area contributed by atoms with Gasteiger partial charge < -0.3 is 29.1 Å². The van der Waals surface area contributed by atoms with Crippen LogP contribution in [0.2, 0.25) is 0 Å². The van der Waals surface area contributed by atoms with Crippen molar-refractivity contribution in [2.45, 2.75) is 67.9 Å². The largest absolute Gasteiger partial charge is 0.494 e. The third-order valence-electron chi connectivity index (χ3n) is 12.1. The second-order valence-corrected chi connectivity index (χ2v) is 15.3. The van der Waals surface area contributed by atoms with Crippen LogP contribution in [0.3, 0.4) is 0 Å². The number of cyclic esters (lactones) is 1. The van der Waals surface area contributed by atoms with Crippen molar-refractivity contribution in [3.63, 3.8) is 0 Å². The fraction of sp³-hybridized carbons (Fsp3) is 0.352. The maximum atomic E-state index is 14.3. The molecule has 0 amide bonds. The molecule has 0 atom stereocenters. The van der Waals surface area contributed by atoms with E-state index in [2.05, 4.69) is 184 Å². The molecule has 1 aliphatic rings. The highest BCUT2D eigenvalue weighted by molar-refractivity contribution is 5.98. The summed E-state index contributed by atoms with van der Waals surface area (Å²) in [6.07, 6.45) is 4.33. The summed E-state index contributed by atoms with van der Waals surface area (Å²) in [6, 6.07) is 40.9. The minimum atomic E-state index is -1.31. The van der Waals surface area contributed by atoms with E-state index in [-0.39, 0.29) is 5.97 Å². The molecule has 320 valence electrons. The van der Waals surface area contributed by atoms with Crippen LogP contribution < -0.4 is 24.3 Å². The Morgan fingerprint density at radius 3 is 1.07 bits per heavy atom. The lowest BCUT2D eigenvalue weighted by Gasteiger charge is -2.28. The Labute approximate surface area is 365 Å². The van der Waals surface area contributed by atoms with Gasteiger partial charge in [-0.3, -0.25) is 0 Å². The monoisotopic (exact) mass is 819 g/mol. The van der Waals surface area contributed by atoms with Crippen LogP contribution in [0.5, 0.6) is 5.75 Å². The molecule has 5 aromatic rings. The number of carbonyl (C=O) groups excluding carboxylic acids is 1. The Bertz CT molecular complexity index is 2000. The zero-order valence-corrected chi connectivity index (χ0v) is 38.0. The average Bonchev–Trinajstić information content (AvgIpc) is 3.57. The van der Waals surface area contributed by atoms with Crippen molar-refractivity contribution in [3.05, 3.63) is 161 Å². The fourth-order valence-electron chi connectivity index (χ4n) is 8.66. The Hall–Kier alpha value is -5.95. The summed E-state index contributed by atoms with van der Waals surface area (Å²) in [5.74, 6) is 0.319. The molecular weight excluding hydrogens is 753 g/mol. The number of ether oxygens (including phenoxy) is 2. The number of nitrogens with zero attached hydrogens (tertiary/aromatic N) is 4. The van der Waals surface area contributed by atoms with E-state index in [1.165, 1.54) is 22.7 Å². The second-order valence-electron chi connectivity index (χ2n) is 15.3. The number of hydrogen-bond acceptors (Lipinski definition) is 7. The van der Waals surface area contributed by atoms with E-state index < -0.39 is 5.60 Å². The summed E-state index contributed by atoms with van der Waals surface area (Å²) in [4.78, 5) is 23.7. The summed E-state index contributed by atoms with van der Waals surface area (Å²) < 4.78 is 12.9. The Morgan fingerprint density at radius 2 is 0.787 bits per heavy atom. The van der Waals surface area contributed by atoms with Crippen LogP contribution in [0.25, 0.3) is 11.1 Å². The van der Waals surface area contributed by atoms with Gasteiger partial charge in [0.05, 0.1) is 12.2 Å². The molecule has 0 saturated heterocycles. The summed E-state index contributed by atoms with van der Waals surface area (Å²) >= 11 is 0. The summed E-state index contributed by atoms with van der Waals surface area (Å²) in [5.41, 5.74) is 10.7. The fourth-order valence-corrected chi connectivity index (χ4v) is 8.66. The molecule has 0 saturated carbocycles. The normalized spacial score (nSPS) is 12.6. The molecule has 1 aliphatic heterocycles. The molecule has 0 aromatic heterocycles. The van der Waals surface area contributed by atoms with Gasteiger partial charge in [0.1, 0.15) is 5.75 Å². The zero-order valence-electron chi connectivity index (χ0n) is 38.0. The molecule has 0 aliphatic carbocycles. The maximum absolute atomic E-state index is 14.3. The highest BCUT2D eigenvalue weighted by Gasteiger charge is 2.44. The third kappa shape index (κ3) is 9.67. The van der Waals surface area contributed by atoms with Gasteiger partial charge in [0.15, 0.2) is 5.60 Å².